The number of aromatic nitrogens is 3. The van der Waals surface area contributed by atoms with Gasteiger partial charge in [-0.05, 0) is 64.4 Å². The van der Waals surface area contributed by atoms with E-state index in [1.807, 2.05) is 72.8 Å². The topological polar surface area (TPSA) is 78.1 Å². The van der Waals surface area contributed by atoms with Crippen LogP contribution in [0, 0.1) is 0 Å². The van der Waals surface area contributed by atoms with Gasteiger partial charge in [0.25, 0.3) is 0 Å². The molecule has 0 aliphatic carbocycles. The lowest BCUT2D eigenvalue weighted by molar-refractivity contribution is 0.668. The molecule has 0 N–H and O–H groups in total. The average Bonchev–Trinajstić information content (AvgIpc) is 3.95. The number of benzene rings is 8. The van der Waals surface area contributed by atoms with Crippen LogP contribution in [0.1, 0.15) is 0 Å². The summed E-state index contributed by atoms with van der Waals surface area (Å²) in [6, 6.07) is 55.8. The van der Waals surface area contributed by atoms with Crippen molar-refractivity contribution in [3.8, 4) is 45.3 Å². The predicted octanol–water partition coefficient (Wildman–Crippen LogP) is 13.4. The Morgan fingerprint density at radius 1 is 0.291 bits per heavy atom. The fourth-order valence-corrected chi connectivity index (χ4v) is 8.20. The zero-order valence-corrected chi connectivity index (χ0v) is 29.2. The van der Waals surface area contributed by atoms with Gasteiger partial charge in [-0.25, -0.2) is 15.0 Å². The molecule has 0 fully saturated rings. The number of nitrogens with zero attached hydrogens (tertiary/aromatic N) is 3. The summed E-state index contributed by atoms with van der Waals surface area (Å²) in [4.78, 5) is 15.5. The Balaban J connectivity index is 1.04. The van der Waals surface area contributed by atoms with Gasteiger partial charge in [0.15, 0.2) is 17.5 Å². The normalized spacial score (nSPS) is 12.0. The van der Waals surface area contributed by atoms with Crippen LogP contribution in [0.3, 0.4) is 0 Å². The maximum atomic E-state index is 6.27. The highest BCUT2D eigenvalue weighted by Gasteiger charge is 2.20. The number of para-hydroxylation sites is 3. The molecule has 0 bridgehead atoms. The largest absolute Gasteiger partial charge is 0.456 e. The van der Waals surface area contributed by atoms with Gasteiger partial charge >= 0.3 is 0 Å². The molecule has 0 unspecified atom stereocenters. The summed E-state index contributed by atoms with van der Waals surface area (Å²) < 4.78 is 18.8. The molecular formula is C49H27N3O3. The van der Waals surface area contributed by atoms with Crippen molar-refractivity contribution in [2.75, 3.05) is 0 Å². The van der Waals surface area contributed by atoms with E-state index in [4.69, 9.17) is 28.2 Å². The van der Waals surface area contributed by atoms with Gasteiger partial charge in [0.1, 0.15) is 33.5 Å². The van der Waals surface area contributed by atoms with E-state index >= 15 is 0 Å². The second-order valence-electron chi connectivity index (χ2n) is 13.9. The fourth-order valence-electron chi connectivity index (χ4n) is 8.20. The Morgan fingerprint density at radius 2 is 0.727 bits per heavy atom. The van der Waals surface area contributed by atoms with Gasteiger partial charge in [-0.15, -0.1) is 0 Å². The number of furan rings is 3. The molecule has 6 heteroatoms. The molecule has 8 aromatic carbocycles. The Kier molecular flexibility index (Phi) is 6.24. The minimum Gasteiger partial charge on any atom is -0.456 e. The van der Waals surface area contributed by atoms with Crippen LogP contribution in [0.15, 0.2) is 177 Å². The summed E-state index contributed by atoms with van der Waals surface area (Å²) in [5.74, 6) is 1.71. The van der Waals surface area contributed by atoms with Crippen molar-refractivity contribution in [3.05, 3.63) is 164 Å². The summed E-state index contributed by atoms with van der Waals surface area (Å²) in [6.45, 7) is 0. The summed E-state index contributed by atoms with van der Waals surface area (Å²) >= 11 is 0. The first-order valence-electron chi connectivity index (χ1n) is 18.3. The molecule has 0 radical (unpaired) electrons. The van der Waals surface area contributed by atoms with Crippen molar-refractivity contribution in [3.63, 3.8) is 0 Å². The molecular weight excluding hydrogens is 679 g/mol. The maximum Gasteiger partial charge on any atom is 0.164 e. The minimum atomic E-state index is 0.567. The van der Waals surface area contributed by atoms with Gasteiger partial charge in [0, 0.05) is 49.0 Å². The average molecular weight is 706 g/mol. The third kappa shape index (κ3) is 4.58. The van der Waals surface area contributed by atoms with Crippen molar-refractivity contribution in [1.82, 2.24) is 15.0 Å². The Hall–Kier alpha value is -7.57. The lowest BCUT2D eigenvalue weighted by Gasteiger charge is -2.11. The monoisotopic (exact) mass is 705 g/mol. The third-order valence-electron chi connectivity index (χ3n) is 10.8. The zero-order valence-electron chi connectivity index (χ0n) is 29.2. The van der Waals surface area contributed by atoms with Crippen molar-refractivity contribution in [2.45, 2.75) is 0 Å². The van der Waals surface area contributed by atoms with Crippen LogP contribution >= 0.6 is 0 Å². The highest BCUT2D eigenvalue weighted by Crippen LogP contribution is 2.40. The van der Waals surface area contributed by atoms with Crippen molar-refractivity contribution in [1.29, 1.82) is 0 Å². The lowest BCUT2D eigenvalue weighted by Crippen LogP contribution is -2.00. The Morgan fingerprint density at radius 3 is 1.31 bits per heavy atom. The fraction of sp³-hybridized carbons (Fsp3) is 0. The van der Waals surface area contributed by atoms with E-state index in [9.17, 15) is 0 Å². The highest BCUT2D eigenvalue weighted by molar-refractivity contribution is 6.19. The molecule has 0 atom stereocenters. The molecule has 0 saturated heterocycles. The summed E-state index contributed by atoms with van der Waals surface area (Å²) in [7, 11) is 0. The third-order valence-corrected chi connectivity index (χ3v) is 10.8. The summed E-state index contributed by atoms with van der Waals surface area (Å²) in [5.41, 5.74) is 9.83. The highest BCUT2D eigenvalue weighted by atomic mass is 16.3. The standard InChI is InChI=1S/C49H27N3O3/c1-4-14-38-32(9-1)44-35(12-7-17-41(44)53-38)48-50-47(51-49(52-48)36-13-8-18-42-45(36)33-10-2-5-15-39(33)54-42)30-22-19-28(20-23-30)31-24-21-29-25-26-43-46(37(29)27-31)34-11-3-6-16-40(34)55-43/h1-27H. The van der Waals surface area contributed by atoms with Crippen LogP contribution in [0.25, 0.3) is 122 Å². The second kappa shape index (κ2) is 11.5. The number of rotatable bonds is 4. The summed E-state index contributed by atoms with van der Waals surface area (Å²) in [6.07, 6.45) is 0. The van der Waals surface area contributed by atoms with Gasteiger partial charge in [-0.2, -0.15) is 0 Å². The first kappa shape index (κ1) is 29.9. The molecule has 4 heterocycles. The van der Waals surface area contributed by atoms with E-state index in [-0.39, 0.29) is 0 Å². The van der Waals surface area contributed by atoms with E-state index in [0.717, 1.165) is 99.0 Å². The van der Waals surface area contributed by atoms with Gasteiger partial charge in [-0.1, -0.05) is 121 Å². The minimum absolute atomic E-state index is 0.567. The molecule has 256 valence electrons. The Labute approximate surface area is 312 Å². The molecule has 0 saturated carbocycles. The molecule has 0 amide bonds. The molecule has 0 aliphatic heterocycles. The molecule has 0 aliphatic rings. The lowest BCUT2D eigenvalue weighted by atomic mass is 9.97. The predicted molar refractivity (Wildman–Crippen MR) is 221 cm³/mol. The van der Waals surface area contributed by atoms with E-state index < -0.39 is 0 Å². The first-order chi connectivity index (χ1) is 27.2. The van der Waals surface area contributed by atoms with Crippen LogP contribution < -0.4 is 0 Å². The molecule has 12 rings (SSSR count). The molecule has 0 spiro atoms. The van der Waals surface area contributed by atoms with Crippen molar-refractivity contribution in [2.24, 2.45) is 0 Å². The second-order valence-corrected chi connectivity index (χ2v) is 13.9. The molecule has 55 heavy (non-hydrogen) atoms. The van der Waals surface area contributed by atoms with Gasteiger partial charge in [0.05, 0.1) is 0 Å². The zero-order chi connectivity index (χ0) is 36.0. The van der Waals surface area contributed by atoms with Gasteiger partial charge < -0.3 is 13.3 Å². The van der Waals surface area contributed by atoms with E-state index in [1.165, 1.54) is 5.39 Å². The van der Waals surface area contributed by atoms with Crippen molar-refractivity contribution < 1.29 is 13.3 Å². The molecule has 6 nitrogen and oxygen atoms in total. The number of fused-ring (bicyclic) bond motifs is 11. The number of hydrogen-bond donors (Lipinski definition) is 0. The van der Waals surface area contributed by atoms with Crippen LogP contribution in [0.5, 0.6) is 0 Å². The van der Waals surface area contributed by atoms with E-state index in [1.54, 1.807) is 0 Å². The van der Waals surface area contributed by atoms with Crippen molar-refractivity contribution >= 4 is 76.6 Å². The maximum absolute atomic E-state index is 6.27. The van der Waals surface area contributed by atoms with Crippen LogP contribution in [0.4, 0.5) is 0 Å². The SMILES string of the molecule is c1ccc2c(c1)oc1cccc(-c3nc(-c4ccc(-c5ccc6ccc7oc8ccccc8c7c6c5)cc4)nc(-c4cccc5oc6ccccc6c45)n3)c12. The molecule has 12 aromatic rings. The van der Waals surface area contributed by atoms with Gasteiger partial charge in [0.2, 0.25) is 0 Å². The van der Waals surface area contributed by atoms with Crippen LogP contribution in [0.2, 0.25) is 0 Å². The Bertz CT molecular complexity index is 3370. The van der Waals surface area contributed by atoms with Crippen LogP contribution in [-0.4, -0.2) is 15.0 Å². The van der Waals surface area contributed by atoms with Gasteiger partial charge in [-0.3, -0.25) is 0 Å². The first-order valence-corrected chi connectivity index (χ1v) is 18.3. The quantitative estimate of drug-likeness (QED) is 0.181. The van der Waals surface area contributed by atoms with E-state index in [0.29, 0.717) is 17.5 Å². The van der Waals surface area contributed by atoms with E-state index in [2.05, 4.69) is 91.0 Å². The molecule has 4 aromatic heterocycles. The summed E-state index contributed by atoms with van der Waals surface area (Å²) in [5, 5.41) is 8.56. The smallest absolute Gasteiger partial charge is 0.164 e. The van der Waals surface area contributed by atoms with Crippen LogP contribution in [-0.2, 0) is 0 Å². The number of hydrogen-bond acceptors (Lipinski definition) is 6.